The summed E-state index contributed by atoms with van der Waals surface area (Å²) in [5, 5.41) is 0. The summed E-state index contributed by atoms with van der Waals surface area (Å²) in [6.45, 7) is 8.95. The maximum absolute atomic E-state index is 12.3. The number of carbonyl (C=O) groups is 2. The topological polar surface area (TPSA) is 81.9 Å². The van der Waals surface area contributed by atoms with Crippen molar-refractivity contribution in [3.63, 3.8) is 0 Å². The first-order valence-electron chi connectivity index (χ1n) is 9.49. The molecule has 0 saturated carbocycles. The number of nitrogens with two attached hydrogens (primary N) is 1. The van der Waals surface area contributed by atoms with Gasteiger partial charge in [0.1, 0.15) is 0 Å². The first-order chi connectivity index (χ1) is 12.9. The Balaban J connectivity index is 2.48. The third kappa shape index (κ3) is 8.75. The lowest BCUT2D eigenvalue weighted by Crippen LogP contribution is -2.23. The largest absolute Gasteiger partial charge is 0.466 e. The summed E-state index contributed by atoms with van der Waals surface area (Å²) in [6, 6.07) is 3.53. The van der Waals surface area contributed by atoms with Crippen LogP contribution in [0.2, 0.25) is 0 Å². The molecule has 0 bridgehead atoms. The molecule has 0 radical (unpaired) electrons. The molecule has 0 fully saturated rings. The Bertz CT molecular complexity index is 618. The summed E-state index contributed by atoms with van der Waals surface area (Å²) < 4.78 is 11.0. The van der Waals surface area contributed by atoms with Crippen molar-refractivity contribution < 1.29 is 19.1 Å². The Kier molecular flexibility index (Phi) is 11.0. The highest BCUT2D eigenvalue weighted by molar-refractivity contribution is 9.10. The molecule has 152 valence electrons. The molecule has 0 saturated heterocycles. The molecular formula is C20H31BrN2O4. The van der Waals surface area contributed by atoms with E-state index >= 15 is 0 Å². The van der Waals surface area contributed by atoms with Gasteiger partial charge in [0, 0.05) is 17.9 Å². The van der Waals surface area contributed by atoms with Crippen LogP contribution in [-0.4, -0.2) is 43.1 Å². The molecule has 0 aromatic heterocycles. The van der Waals surface area contributed by atoms with Crippen molar-refractivity contribution in [3.8, 4) is 0 Å². The van der Waals surface area contributed by atoms with Crippen LogP contribution in [0.4, 0.5) is 5.69 Å². The van der Waals surface area contributed by atoms with Crippen molar-refractivity contribution >= 4 is 33.6 Å². The number of unbranched alkanes of at least 4 members (excludes halogenated alkanes) is 3. The van der Waals surface area contributed by atoms with E-state index < -0.39 is 0 Å². The first kappa shape index (κ1) is 23.4. The molecule has 0 amide bonds. The van der Waals surface area contributed by atoms with Crippen LogP contribution in [0.5, 0.6) is 0 Å². The number of nitrogen functional groups attached to an aromatic ring is 1. The third-order valence-corrected chi connectivity index (χ3v) is 4.97. The zero-order valence-electron chi connectivity index (χ0n) is 16.6. The van der Waals surface area contributed by atoms with E-state index in [1.807, 2.05) is 6.07 Å². The van der Waals surface area contributed by atoms with Gasteiger partial charge in [-0.2, -0.15) is 0 Å². The van der Waals surface area contributed by atoms with Crippen LogP contribution in [0.25, 0.3) is 0 Å². The quantitative estimate of drug-likeness (QED) is 0.297. The van der Waals surface area contributed by atoms with Gasteiger partial charge in [-0.15, -0.1) is 0 Å². The van der Waals surface area contributed by atoms with E-state index in [2.05, 4.69) is 34.7 Å². The van der Waals surface area contributed by atoms with Crippen molar-refractivity contribution in [2.45, 2.75) is 53.0 Å². The van der Waals surface area contributed by atoms with Gasteiger partial charge >= 0.3 is 11.9 Å². The number of anilines is 1. The zero-order valence-corrected chi connectivity index (χ0v) is 18.1. The second-order valence-corrected chi connectivity index (χ2v) is 7.24. The molecule has 0 spiro atoms. The second-order valence-electron chi connectivity index (χ2n) is 6.38. The van der Waals surface area contributed by atoms with Crippen molar-refractivity contribution in [3.05, 3.63) is 27.7 Å². The van der Waals surface area contributed by atoms with Gasteiger partial charge < -0.3 is 15.2 Å². The van der Waals surface area contributed by atoms with E-state index in [0.717, 1.165) is 44.3 Å². The van der Waals surface area contributed by atoms with Gasteiger partial charge in [0.15, 0.2) is 0 Å². The lowest BCUT2D eigenvalue weighted by atomic mass is 10.1. The average molecular weight is 443 g/mol. The predicted octanol–water partition coefficient (Wildman–Crippen LogP) is 4.15. The Hall–Kier alpha value is -1.60. The molecule has 27 heavy (non-hydrogen) atoms. The number of ether oxygens (including phenoxy) is 2. The van der Waals surface area contributed by atoms with E-state index in [1.165, 1.54) is 6.92 Å². The third-order valence-electron chi connectivity index (χ3n) is 4.32. The van der Waals surface area contributed by atoms with E-state index in [0.29, 0.717) is 35.5 Å². The van der Waals surface area contributed by atoms with Crippen LogP contribution in [-0.2, 0) is 20.8 Å². The summed E-state index contributed by atoms with van der Waals surface area (Å²) in [7, 11) is 0. The molecule has 2 N–H and O–H groups in total. The molecule has 1 aromatic carbocycles. The van der Waals surface area contributed by atoms with Gasteiger partial charge in [-0.05, 0) is 72.4 Å². The summed E-state index contributed by atoms with van der Waals surface area (Å²) in [6.07, 6.45) is 3.47. The number of benzene rings is 1. The molecule has 0 aliphatic heterocycles. The number of rotatable bonds is 12. The minimum atomic E-state index is -0.337. The Labute approximate surface area is 170 Å². The fraction of sp³-hybridized carbons (Fsp3) is 0.600. The summed E-state index contributed by atoms with van der Waals surface area (Å²) in [5.41, 5.74) is 8.24. The van der Waals surface area contributed by atoms with Crippen LogP contribution < -0.4 is 5.73 Å². The van der Waals surface area contributed by atoms with Gasteiger partial charge in [-0.3, -0.25) is 9.69 Å². The highest BCUT2D eigenvalue weighted by atomic mass is 79.9. The van der Waals surface area contributed by atoms with Gasteiger partial charge in [0.2, 0.25) is 0 Å². The summed E-state index contributed by atoms with van der Waals surface area (Å²) in [4.78, 5) is 25.2. The van der Waals surface area contributed by atoms with Gasteiger partial charge in [-0.1, -0.05) is 13.8 Å². The molecule has 1 rings (SSSR count). The number of hydrogen-bond donors (Lipinski definition) is 1. The number of nitrogens with zero attached hydrogens (tertiary/aromatic N) is 1. The van der Waals surface area contributed by atoms with Crippen molar-refractivity contribution in [2.75, 3.05) is 32.0 Å². The van der Waals surface area contributed by atoms with Gasteiger partial charge in [0.05, 0.1) is 24.5 Å². The second kappa shape index (κ2) is 12.7. The highest BCUT2D eigenvalue weighted by Crippen LogP contribution is 2.27. The van der Waals surface area contributed by atoms with Crippen LogP contribution >= 0.6 is 15.9 Å². The van der Waals surface area contributed by atoms with Gasteiger partial charge in [-0.25, -0.2) is 4.79 Å². The smallest absolute Gasteiger partial charge is 0.338 e. The molecule has 0 unspecified atom stereocenters. The molecule has 0 aliphatic rings. The van der Waals surface area contributed by atoms with E-state index in [4.69, 9.17) is 15.2 Å². The lowest BCUT2D eigenvalue weighted by Gasteiger charge is -2.20. The molecule has 6 nitrogen and oxygen atoms in total. The van der Waals surface area contributed by atoms with Crippen LogP contribution in [0, 0.1) is 0 Å². The standard InChI is InChI=1S/C20H31BrN2O4/c1-4-23(5-2)14-17-12-16(13-18(21)19(17)22)20(25)27-11-9-7-6-8-10-26-15(3)24/h12-13H,4-11,14,22H2,1-3H3. The maximum Gasteiger partial charge on any atom is 0.338 e. The van der Waals surface area contributed by atoms with Crippen LogP contribution in [0.1, 0.15) is 62.4 Å². The van der Waals surface area contributed by atoms with Crippen molar-refractivity contribution in [1.29, 1.82) is 0 Å². The van der Waals surface area contributed by atoms with E-state index in [1.54, 1.807) is 6.07 Å². The van der Waals surface area contributed by atoms with Crippen LogP contribution in [0.15, 0.2) is 16.6 Å². The molecule has 7 heteroatoms. The Morgan fingerprint density at radius 3 is 2.19 bits per heavy atom. The normalized spacial score (nSPS) is 10.9. The fourth-order valence-corrected chi connectivity index (χ4v) is 3.13. The Morgan fingerprint density at radius 2 is 1.63 bits per heavy atom. The van der Waals surface area contributed by atoms with Gasteiger partial charge in [0.25, 0.3) is 0 Å². The average Bonchev–Trinajstić information content (AvgIpc) is 2.64. The fourth-order valence-electron chi connectivity index (χ4n) is 2.63. The zero-order chi connectivity index (χ0) is 20.2. The first-order valence-corrected chi connectivity index (χ1v) is 10.3. The van der Waals surface area contributed by atoms with Crippen LogP contribution in [0.3, 0.4) is 0 Å². The monoisotopic (exact) mass is 442 g/mol. The number of hydrogen-bond acceptors (Lipinski definition) is 6. The molecular weight excluding hydrogens is 412 g/mol. The van der Waals surface area contributed by atoms with E-state index in [-0.39, 0.29) is 11.9 Å². The van der Waals surface area contributed by atoms with Crippen molar-refractivity contribution in [2.24, 2.45) is 0 Å². The Morgan fingerprint density at radius 1 is 1.04 bits per heavy atom. The minimum absolute atomic E-state index is 0.251. The molecule has 0 aliphatic carbocycles. The molecule has 0 atom stereocenters. The summed E-state index contributed by atoms with van der Waals surface area (Å²) >= 11 is 3.44. The lowest BCUT2D eigenvalue weighted by molar-refractivity contribution is -0.141. The number of carbonyl (C=O) groups excluding carboxylic acids is 2. The minimum Gasteiger partial charge on any atom is -0.466 e. The number of esters is 2. The predicted molar refractivity (Wildman–Crippen MR) is 111 cm³/mol. The number of halogens is 1. The van der Waals surface area contributed by atoms with Crippen molar-refractivity contribution in [1.82, 2.24) is 4.90 Å². The highest BCUT2D eigenvalue weighted by Gasteiger charge is 2.14. The maximum atomic E-state index is 12.3. The molecule has 0 heterocycles. The summed E-state index contributed by atoms with van der Waals surface area (Å²) in [5.74, 6) is -0.588. The van der Waals surface area contributed by atoms with E-state index in [9.17, 15) is 9.59 Å². The molecule has 1 aromatic rings. The SMILES string of the molecule is CCN(CC)Cc1cc(C(=O)OCCCCCCOC(C)=O)cc(Br)c1N.